The quantitative estimate of drug-likeness (QED) is 0.532. The number of carbonyl (C=O) groups excluding carboxylic acids is 1. The van der Waals surface area contributed by atoms with Crippen LogP contribution >= 0.6 is 34.2 Å². The van der Waals surface area contributed by atoms with Gasteiger partial charge in [-0.1, -0.05) is 11.6 Å². The van der Waals surface area contributed by atoms with E-state index < -0.39 is 17.8 Å². The van der Waals surface area contributed by atoms with Gasteiger partial charge >= 0.3 is 6.09 Å². The number of amides is 1. The first-order chi connectivity index (χ1) is 10.7. The third-order valence-corrected chi connectivity index (χ3v) is 4.46. The van der Waals surface area contributed by atoms with Crippen molar-refractivity contribution in [3.63, 3.8) is 0 Å². The van der Waals surface area contributed by atoms with Gasteiger partial charge in [-0.2, -0.15) is 0 Å². The van der Waals surface area contributed by atoms with Gasteiger partial charge in [-0.05, 0) is 55.8 Å². The van der Waals surface area contributed by atoms with Gasteiger partial charge in [0.05, 0.1) is 21.4 Å². The van der Waals surface area contributed by atoms with E-state index in [0.717, 1.165) is 9.26 Å². The fourth-order valence-corrected chi connectivity index (χ4v) is 3.21. The van der Waals surface area contributed by atoms with Crippen molar-refractivity contribution in [2.24, 2.45) is 0 Å². The Hall–Kier alpha value is -0.800. The highest BCUT2D eigenvalue weighted by molar-refractivity contribution is 14.1. The number of nitrogens with one attached hydrogen (secondary N) is 1. The van der Waals surface area contributed by atoms with Gasteiger partial charge in [-0.3, -0.25) is 0 Å². The molecule has 128 valence electrons. The highest BCUT2D eigenvalue weighted by atomic mass is 127. The molecule has 2 atom stereocenters. The number of hydrogen-bond donors (Lipinski definition) is 2. The molecule has 1 aliphatic rings. The van der Waals surface area contributed by atoms with Crippen LogP contribution in [0.1, 0.15) is 27.2 Å². The number of aliphatic hydroxyl groups is 1. The second-order valence-electron chi connectivity index (χ2n) is 6.51. The summed E-state index contributed by atoms with van der Waals surface area (Å²) in [5.74, 6) is 0. The predicted octanol–water partition coefficient (Wildman–Crippen LogP) is 2.80. The lowest BCUT2D eigenvalue weighted by Crippen LogP contribution is -2.55. The lowest BCUT2D eigenvalue weighted by atomic mass is 10.0. The fourth-order valence-electron chi connectivity index (χ4n) is 2.42. The van der Waals surface area contributed by atoms with Gasteiger partial charge in [0.25, 0.3) is 0 Å². The molecule has 0 spiro atoms. The third kappa shape index (κ3) is 5.36. The molecule has 0 aromatic carbocycles. The maximum Gasteiger partial charge on any atom is 0.407 e. The number of hydrogen-bond acceptors (Lipinski definition) is 5. The van der Waals surface area contributed by atoms with Crippen molar-refractivity contribution in [2.45, 2.75) is 44.9 Å². The number of β-amino-alcohol motifs (C(OH)–C–C–N with tert-alkyl or cyclic N) is 1. The van der Waals surface area contributed by atoms with Crippen LogP contribution in [-0.2, 0) is 4.74 Å². The van der Waals surface area contributed by atoms with Gasteiger partial charge in [-0.25, -0.2) is 9.78 Å². The minimum atomic E-state index is -0.681. The number of halogens is 2. The van der Waals surface area contributed by atoms with E-state index in [4.69, 9.17) is 16.3 Å². The Balaban J connectivity index is 1.97. The van der Waals surface area contributed by atoms with Crippen LogP contribution in [0.15, 0.2) is 12.3 Å². The van der Waals surface area contributed by atoms with E-state index in [0.29, 0.717) is 24.7 Å². The maximum absolute atomic E-state index is 11.8. The lowest BCUT2D eigenvalue weighted by Gasteiger charge is -2.38. The van der Waals surface area contributed by atoms with Crippen LogP contribution in [-0.4, -0.2) is 47.0 Å². The number of carbonyl (C=O) groups is 1. The Morgan fingerprint density at radius 3 is 2.87 bits per heavy atom. The van der Waals surface area contributed by atoms with E-state index in [2.05, 4.69) is 32.9 Å². The second kappa shape index (κ2) is 7.40. The van der Waals surface area contributed by atoms with Gasteiger partial charge in [0.2, 0.25) is 0 Å². The summed E-state index contributed by atoms with van der Waals surface area (Å²) < 4.78 is 6.20. The molecule has 1 aliphatic heterocycles. The molecule has 0 radical (unpaired) electrons. The van der Waals surface area contributed by atoms with Crippen LogP contribution < -0.4 is 10.2 Å². The van der Waals surface area contributed by atoms with Crippen LogP contribution in [0.25, 0.3) is 0 Å². The number of pyridine rings is 1. The molecule has 2 heterocycles. The van der Waals surface area contributed by atoms with Gasteiger partial charge in [0.15, 0.2) is 0 Å². The number of nitrogens with zero attached hydrogens (tertiary/aromatic N) is 2. The first-order valence-corrected chi connectivity index (χ1v) is 8.85. The Bertz CT molecular complexity index is 580. The lowest BCUT2D eigenvalue weighted by molar-refractivity contribution is 0.0402. The fraction of sp³-hybridized carbons (Fsp3) is 0.600. The van der Waals surface area contributed by atoms with E-state index in [9.17, 15) is 9.90 Å². The van der Waals surface area contributed by atoms with E-state index in [1.807, 2.05) is 4.90 Å². The van der Waals surface area contributed by atoms with E-state index >= 15 is 0 Å². The van der Waals surface area contributed by atoms with Crippen LogP contribution in [0, 0.1) is 3.57 Å². The van der Waals surface area contributed by atoms with Gasteiger partial charge in [0.1, 0.15) is 10.8 Å². The van der Waals surface area contributed by atoms with Crippen LogP contribution in [0.3, 0.4) is 0 Å². The molecule has 1 saturated heterocycles. The second-order valence-corrected chi connectivity index (χ2v) is 8.06. The zero-order chi connectivity index (χ0) is 17.2. The smallest absolute Gasteiger partial charge is 0.407 e. The number of alkyl carbamates (subject to hydrolysis) is 1. The number of piperidine rings is 1. The van der Waals surface area contributed by atoms with Crippen molar-refractivity contribution < 1.29 is 14.6 Å². The first-order valence-electron chi connectivity index (χ1n) is 7.39. The third-order valence-electron chi connectivity index (χ3n) is 3.43. The number of anilines is 1. The van der Waals surface area contributed by atoms with E-state index in [1.165, 1.54) is 0 Å². The number of ether oxygens (including phenoxy) is 1. The van der Waals surface area contributed by atoms with Crippen molar-refractivity contribution in [3.8, 4) is 0 Å². The number of rotatable bonds is 2. The predicted molar refractivity (Wildman–Crippen MR) is 98.0 cm³/mol. The minimum absolute atomic E-state index is 0.323. The molecule has 2 N–H and O–H groups in total. The van der Waals surface area contributed by atoms with Crippen molar-refractivity contribution in [2.75, 3.05) is 18.0 Å². The average molecular weight is 454 g/mol. The zero-order valence-electron chi connectivity index (χ0n) is 13.3. The standard InChI is InChI=1S/C15H21ClIN3O3/c1-15(2,3)23-14(22)19-10-4-5-20(8-12(10)21)11-6-13(16)18-7-9(11)17/h6-7,10,12,21H,4-5,8H2,1-3H3,(H,19,22)/t10-,12-/m1/s1. The topological polar surface area (TPSA) is 74.7 Å². The summed E-state index contributed by atoms with van der Waals surface area (Å²) >= 11 is 8.15. The molecule has 0 unspecified atom stereocenters. The van der Waals surface area contributed by atoms with Gasteiger partial charge in [-0.15, -0.1) is 0 Å². The molecule has 1 fully saturated rings. The van der Waals surface area contributed by atoms with Gasteiger partial charge < -0.3 is 20.1 Å². The van der Waals surface area contributed by atoms with Crippen molar-refractivity contribution in [1.82, 2.24) is 10.3 Å². The van der Waals surface area contributed by atoms with E-state index in [-0.39, 0.29) is 6.04 Å². The largest absolute Gasteiger partial charge is 0.444 e. The molecule has 0 bridgehead atoms. The molecular weight excluding hydrogens is 433 g/mol. The summed E-state index contributed by atoms with van der Waals surface area (Å²) in [5.41, 5.74) is 0.389. The molecule has 0 aliphatic carbocycles. The van der Waals surface area contributed by atoms with Crippen LogP contribution in [0.5, 0.6) is 0 Å². The van der Waals surface area contributed by atoms with Crippen molar-refractivity contribution >= 4 is 46.0 Å². The number of aromatic nitrogens is 1. The highest BCUT2D eigenvalue weighted by Crippen LogP contribution is 2.27. The number of aliphatic hydroxyl groups excluding tert-OH is 1. The van der Waals surface area contributed by atoms with Crippen LogP contribution in [0.2, 0.25) is 5.15 Å². The molecule has 23 heavy (non-hydrogen) atoms. The summed E-state index contributed by atoms with van der Waals surface area (Å²) in [7, 11) is 0. The maximum atomic E-state index is 11.8. The molecule has 0 saturated carbocycles. The monoisotopic (exact) mass is 453 g/mol. The van der Waals surface area contributed by atoms with E-state index in [1.54, 1.807) is 33.0 Å². The van der Waals surface area contributed by atoms with Crippen molar-refractivity contribution in [3.05, 3.63) is 21.0 Å². The highest BCUT2D eigenvalue weighted by Gasteiger charge is 2.31. The molecule has 1 aromatic rings. The molecule has 1 aromatic heterocycles. The Morgan fingerprint density at radius 2 is 2.26 bits per heavy atom. The van der Waals surface area contributed by atoms with Gasteiger partial charge in [0, 0.05) is 19.3 Å². The molecule has 8 heteroatoms. The van der Waals surface area contributed by atoms with Crippen LogP contribution in [0.4, 0.5) is 10.5 Å². The Labute approximate surface area is 154 Å². The summed E-state index contributed by atoms with van der Waals surface area (Å²) in [4.78, 5) is 17.9. The Morgan fingerprint density at radius 1 is 1.57 bits per heavy atom. The summed E-state index contributed by atoms with van der Waals surface area (Å²) in [6, 6.07) is 1.47. The molecule has 1 amide bonds. The Kier molecular flexibility index (Phi) is 5.96. The minimum Gasteiger partial charge on any atom is -0.444 e. The zero-order valence-corrected chi connectivity index (χ0v) is 16.3. The molecular formula is C15H21ClIN3O3. The average Bonchev–Trinajstić information content (AvgIpc) is 2.42. The normalized spacial score (nSPS) is 21.9. The molecule has 2 rings (SSSR count). The van der Waals surface area contributed by atoms with Crippen molar-refractivity contribution in [1.29, 1.82) is 0 Å². The summed E-state index contributed by atoms with van der Waals surface area (Å²) in [5, 5.41) is 13.5. The summed E-state index contributed by atoms with van der Waals surface area (Å²) in [6.45, 7) is 6.53. The summed E-state index contributed by atoms with van der Waals surface area (Å²) in [6.07, 6.45) is 1.14. The molecule has 6 nitrogen and oxygen atoms in total. The first kappa shape index (κ1) is 18.5. The SMILES string of the molecule is CC(C)(C)OC(=O)N[C@@H]1CCN(c2cc(Cl)ncc2I)C[C@H]1O.